The summed E-state index contributed by atoms with van der Waals surface area (Å²) in [4.78, 5) is 12.6. The molecule has 0 radical (unpaired) electrons. The van der Waals surface area contributed by atoms with Crippen molar-refractivity contribution in [3.63, 3.8) is 0 Å². The smallest absolute Gasteiger partial charge is 0.262 e. The van der Waals surface area contributed by atoms with Gasteiger partial charge in [-0.3, -0.25) is 4.79 Å². The summed E-state index contributed by atoms with van der Waals surface area (Å²) in [5.41, 5.74) is 1.29. The Morgan fingerprint density at radius 1 is 1.06 bits per heavy atom. The highest BCUT2D eigenvalue weighted by Gasteiger charge is 2.27. The molecule has 8 nitrogen and oxygen atoms in total. The van der Waals surface area contributed by atoms with Crippen LogP contribution in [0.25, 0.3) is 0 Å². The summed E-state index contributed by atoms with van der Waals surface area (Å²) in [7, 11) is -3.70. The van der Waals surface area contributed by atoms with Crippen LogP contribution >= 0.6 is 0 Å². The zero-order chi connectivity index (χ0) is 22.3. The largest absolute Gasteiger partial charge is 0.492 e. The Hall–Kier alpha value is -2.62. The van der Waals surface area contributed by atoms with E-state index in [0.29, 0.717) is 44.4 Å². The second kappa shape index (κ2) is 10.6. The maximum Gasteiger partial charge on any atom is 0.262 e. The fraction of sp³-hybridized carbons (Fsp3) is 0.409. The summed E-state index contributed by atoms with van der Waals surface area (Å²) < 4.78 is 43.8. The maximum absolute atomic E-state index is 13.0. The van der Waals surface area contributed by atoms with Crippen LogP contribution in [0.5, 0.6) is 11.5 Å². The van der Waals surface area contributed by atoms with Crippen molar-refractivity contribution in [1.29, 1.82) is 0 Å². The molecule has 1 aliphatic heterocycles. The third kappa shape index (κ3) is 5.75. The number of sulfonamides is 1. The molecule has 0 unspecified atom stereocenters. The molecule has 0 aromatic heterocycles. The Kier molecular flexibility index (Phi) is 7.89. The van der Waals surface area contributed by atoms with Gasteiger partial charge in [0, 0.05) is 13.1 Å². The van der Waals surface area contributed by atoms with Crippen LogP contribution in [0.4, 0.5) is 5.69 Å². The lowest BCUT2D eigenvalue weighted by Gasteiger charge is -2.26. The normalized spacial score (nSPS) is 14.8. The first-order valence-electron chi connectivity index (χ1n) is 10.3. The van der Waals surface area contributed by atoms with Gasteiger partial charge in [0.1, 0.15) is 11.5 Å². The zero-order valence-electron chi connectivity index (χ0n) is 17.8. The molecular formula is C22H28N2O6S. The molecule has 2 aromatic rings. The lowest BCUT2D eigenvalue weighted by atomic mass is 10.1. The van der Waals surface area contributed by atoms with Crippen molar-refractivity contribution in [2.45, 2.75) is 25.2 Å². The number of morpholine rings is 1. The van der Waals surface area contributed by atoms with Gasteiger partial charge in [0.25, 0.3) is 5.91 Å². The van der Waals surface area contributed by atoms with Crippen molar-refractivity contribution >= 4 is 21.6 Å². The molecule has 1 saturated heterocycles. The number of hydrogen-bond acceptors (Lipinski definition) is 6. The number of aryl methyl sites for hydroxylation is 1. The lowest BCUT2D eigenvalue weighted by molar-refractivity contribution is -0.118. The van der Waals surface area contributed by atoms with Gasteiger partial charge in [0.15, 0.2) is 6.61 Å². The summed E-state index contributed by atoms with van der Waals surface area (Å²) in [6, 6.07) is 12.0. The number of anilines is 1. The fourth-order valence-corrected chi connectivity index (χ4v) is 4.69. The van der Waals surface area contributed by atoms with E-state index in [1.807, 2.05) is 38.1 Å². The molecule has 1 amide bonds. The highest BCUT2D eigenvalue weighted by atomic mass is 32.2. The molecular weight excluding hydrogens is 420 g/mol. The summed E-state index contributed by atoms with van der Waals surface area (Å²) >= 11 is 0. The number of ether oxygens (including phenoxy) is 3. The number of carbonyl (C=O) groups is 1. The molecule has 0 saturated carbocycles. The SMILES string of the molecule is CCOc1ccc(S(=O)(=O)N2CCOCC2)cc1NC(=O)COc1ccccc1CC. The summed E-state index contributed by atoms with van der Waals surface area (Å²) in [6.07, 6.45) is 0.785. The highest BCUT2D eigenvalue weighted by Crippen LogP contribution is 2.29. The molecule has 0 atom stereocenters. The van der Waals surface area contributed by atoms with E-state index in [-0.39, 0.29) is 17.2 Å². The van der Waals surface area contributed by atoms with Gasteiger partial charge in [0.05, 0.1) is 30.4 Å². The topological polar surface area (TPSA) is 94.2 Å². The summed E-state index contributed by atoms with van der Waals surface area (Å²) in [5, 5.41) is 2.72. The predicted molar refractivity (Wildman–Crippen MR) is 117 cm³/mol. The quantitative estimate of drug-likeness (QED) is 0.634. The van der Waals surface area contributed by atoms with Gasteiger partial charge >= 0.3 is 0 Å². The number of rotatable bonds is 9. The number of benzene rings is 2. The first kappa shape index (κ1) is 23.1. The number of carbonyl (C=O) groups excluding carboxylic acids is 1. The minimum atomic E-state index is -3.70. The number of amides is 1. The molecule has 168 valence electrons. The minimum Gasteiger partial charge on any atom is -0.492 e. The summed E-state index contributed by atoms with van der Waals surface area (Å²) in [6.45, 7) is 5.30. The van der Waals surface area contributed by atoms with Crippen molar-refractivity contribution in [3.05, 3.63) is 48.0 Å². The summed E-state index contributed by atoms with van der Waals surface area (Å²) in [5.74, 6) is 0.632. The Bertz CT molecular complexity index is 1000. The van der Waals surface area contributed by atoms with Gasteiger partial charge in [0.2, 0.25) is 10.0 Å². The Balaban J connectivity index is 1.76. The molecule has 1 N–H and O–H groups in total. The first-order chi connectivity index (χ1) is 15.0. The molecule has 0 bridgehead atoms. The average Bonchev–Trinajstić information content (AvgIpc) is 2.79. The monoisotopic (exact) mass is 448 g/mol. The van der Waals surface area contributed by atoms with E-state index in [2.05, 4.69) is 5.32 Å². The average molecular weight is 449 g/mol. The van der Waals surface area contributed by atoms with E-state index >= 15 is 0 Å². The molecule has 0 aliphatic carbocycles. The standard InChI is InChI=1S/C22H28N2O6S/c1-3-17-7-5-6-8-20(17)30-16-22(25)23-19-15-18(9-10-21(19)29-4-2)31(26,27)24-11-13-28-14-12-24/h5-10,15H,3-4,11-14,16H2,1-2H3,(H,23,25). The van der Waals surface area contributed by atoms with Crippen molar-refractivity contribution in [3.8, 4) is 11.5 Å². The van der Waals surface area contributed by atoms with Crippen molar-refractivity contribution < 1.29 is 27.4 Å². The van der Waals surface area contributed by atoms with Crippen molar-refractivity contribution in [1.82, 2.24) is 4.31 Å². The Labute approximate surface area is 183 Å². The third-order valence-corrected chi connectivity index (χ3v) is 6.74. The van der Waals surface area contributed by atoms with E-state index in [1.54, 1.807) is 6.07 Å². The van der Waals surface area contributed by atoms with Crippen LogP contribution in [-0.2, 0) is 26.0 Å². The van der Waals surface area contributed by atoms with E-state index in [0.717, 1.165) is 12.0 Å². The van der Waals surface area contributed by atoms with E-state index in [1.165, 1.54) is 16.4 Å². The molecule has 31 heavy (non-hydrogen) atoms. The van der Waals surface area contributed by atoms with E-state index in [4.69, 9.17) is 14.2 Å². The van der Waals surface area contributed by atoms with Crippen LogP contribution in [0.15, 0.2) is 47.4 Å². The molecule has 3 rings (SSSR count). The van der Waals surface area contributed by atoms with Gasteiger partial charge in [-0.05, 0) is 43.2 Å². The second-order valence-corrected chi connectivity index (χ2v) is 8.84. The lowest BCUT2D eigenvalue weighted by Crippen LogP contribution is -2.40. The minimum absolute atomic E-state index is 0.0883. The number of para-hydroxylation sites is 1. The molecule has 1 heterocycles. The number of hydrogen-bond donors (Lipinski definition) is 1. The van der Waals surface area contributed by atoms with Gasteiger partial charge in [-0.1, -0.05) is 25.1 Å². The second-order valence-electron chi connectivity index (χ2n) is 6.91. The van der Waals surface area contributed by atoms with Gasteiger partial charge in [-0.2, -0.15) is 4.31 Å². The Morgan fingerprint density at radius 2 is 1.81 bits per heavy atom. The van der Waals surface area contributed by atoms with E-state index in [9.17, 15) is 13.2 Å². The molecule has 1 fully saturated rings. The zero-order valence-corrected chi connectivity index (χ0v) is 18.6. The van der Waals surface area contributed by atoms with Crippen LogP contribution in [0.1, 0.15) is 19.4 Å². The van der Waals surface area contributed by atoms with Gasteiger partial charge in [-0.25, -0.2) is 8.42 Å². The molecule has 2 aromatic carbocycles. The third-order valence-electron chi connectivity index (χ3n) is 4.85. The fourth-order valence-electron chi connectivity index (χ4n) is 3.25. The van der Waals surface area contributed by atoms with Crippen molar-refractivity contribution in [2.24, 2.45) is 0 Å². The van der Waals surface area contributed by atoms with Gasteiger partial charge in [-0.15, -0.1) is 0 Å². The molecule has 0 spiro atoms. The molecule has 1 aliphatic rings. The van der Waals surface area contributed by atoms with E-state index < -0.39 is 15.9 Å². The predicted octanol–water partition coefficient (Wildman–Crippen LogP) is 2.69. The molecule has 9 heteroatoms. The van der Waals surface area contributed by atoms with Crippen LogP contribution in [0.2, 0.25) is 0 Å². The van der Waals surface area contributed by atoms with Gasteiger partial charge < -0.3 is 19.5 Å². The maximum atomic E-state index is 13.0. The Morgan fingerprint density at radius 3 is 2.52 bits per heavy atom. The number of nitrogens with zero attached hydrogens (tertiary/aromatic N) is 1. The van der Waals surface area contributed by atoms with Crippen LogP contribution in [-0.4, -0.2) is 58.1 Å². The van der Waals surface area contributed by atoms with Crippen LogP contribution in [0, 0.1) is 0 Å². The highest BCUT2D eigenvalue weighted by molar-refractivity contribution is 7.89. The number of nitrogens with one attached hydrogen (secondary N) is 1. The van der Waals surface area contributed by atoms with Crippen molar-refractivity contribution in [2.75, 3.05) is 44.8 Å². The van der Waals surface area contributed by atoms with Crippen LogP contribution in [0.3, 0.4) is 0 Å². The van der Waals surface area contributed by atoms with Crippen LogP contribution < -0.4 is 14.8 Å². The first-order valence-corrected chi connectivity index (χ1v) is 11.7.